The fraction of sp³-hybridized carbons (Fsp3) is 0.231. The Labute approximate surface area is 109 Å². The van der Waals surface area contributed by atoms with Gasteiger partial charge in [-0.3, -0.25) is 0 Å². The minimum absolute atomic E-state index is 0.0738. The Hall–Kier alpha value is -1.88. The van der Waals surface area contributed by atoms with Gasteiger partial charge in [0.15, 0.2) is 0 Å². The number of nitrogens with zero attached hydrogens (tertiary/aromatic N) is 2. The first-order valence-corrected chi connectivity index (χ1v) is 6.55. The summed E-state index contributed by atoms with van der Waals surface area (Å²) in [4.78, 5) is 4.28. The van der Waals surface area contributed by atoms with Crippen LogP contribution in [0.3, 0.4) is 0 Å². The summed E-state index contributed by atoms with van der Waals surface area (Å²) in [5.74, 6) is 1.70. The van der Waals surface area contributed by atoms with Gasteiger partial charge in [0.1, 0.15) is 17.2 Å². The minimum Gasteiger partial charge on any atom is -0.459 e. The van der Waals surface area contributed by atoms with E-state index in [1.165, 1.54) is 11.5 Å². The molecule has 0 spiro atoms. The number of nitrogens with one attached hydrogen (secondary N) is 1. The summed E-state index contributed by atoms with van der Waals surface area (Å²) in [6.45, 7) is 3.93. The quantitative estimate of drug-likeness (QED) is 0.778. The van der Waals surface area contributed by atoms with Crippen molar-refractivity contribution in [3.05, 3.63) is 41.9 Å². The third-order valence-corrected chi connectivity index (χ3v) is 3.48. The highest BCUT2D eigenvalue weighted by atomic mass is 32.1. The second kappa shape index (κ2) is 4.42. The van der Waals surface area contributed by atoms with Crippen molar-refractivity contribution >= 4 is 27.6 Å². The van der Waals surface area contributed by atoms with Gasteiger partial charge >= 0.3 is 0 Å². The highest BCUT2D eigenvalue weighted by Crippen LogP contribution is 2.26. The van der Waals surface area contributed by atoms with E-state index in [0.717, 1.165) is 27.7 Å². The van der Waals surface area contributed by atoms with E-state index in [0.29, 0.717) is 0 Å². The normalized spacial score (nSPS) is 12.8. The highest BCUT2D eigenvalue weighted by Gasteiger charge is 2.12. The first-order chi connectivity index (χ1) is 8.72. The summed E-state index contributed by atoms with van der Waals surface area (Å²) in [5, 5.41) is 5.23. The van der Waals surface area contributed by atoms with Crippen molar-refractivity contribution < 1.29 is 4.42 Å². The molecule has 1 aromatic carbocycles. The molecule has 0 saturated carbocycles. The third kappa shape index (κ3) is 2.09. The molecule has 0 fully saturated rings. The van der Waals surface area contributed by atoms with E-state index in [1.54, 1.807) is 0 Å². The largest absolute Gasteiger partial charge is 0.459 e. The fourth-order valence-corrected chi connectivity index (χ4v) is 2.49. The van der Waals surface area contributed by atoms with Gasteiger partial charge in [0.25, 0.3) is 0 Å². The van der Waals surface area contributed by atoms with Crippen LogP contribution in [0.1, 0.15) is 24.6 Å². The number of anilines is 1. The molecule has 2 heterocycles. The first kappa shape index (κ1) is 11.2. The van der Waals surface area contributed by atoms with Crippen LogP contribution in [-0.2, 0) is 0 Å². The molecule has 0 aliphatic rings. The Morgan fingerprint density at radius 3 is 2.89 bits per heavy atom. The molecule has 0 aliphatic heterocycles. The number of rotatable bonds is 3. The van der Waals surface area contributed by atoms with Gasteiger partial charge in [-0.15, -0.1) is 0 Å². The number of furan rings is 1. The Balaban J connectivity index is 1.85. The molecule has 0 radical (unpaired) electrons. The van der Waals surface area contributed by atoms with Gasteiger partial charge in [0.2, 0.25) is 5.13 Å². The maximum Gasteiger partial charge on any atom is 0.203 e. The summed E-state index contributed by atoms with van der Waals surface area (Å²) < 4.78 is 9.95. The van der Waals surface area contributed by atoms with E-state index in [2.05, 4.69) is 27.7 Å². The van der Waals surface area contributed by atoms with Crippen molar-refractivity contribution in [1.29, 1.82) is 0 Å². The van der Waals surface area contributed by atoms with Crippen LogP contribution in [0, 0.1) is 6.92 Å². The Morgan fingerprint density at radius 1 is 1.33 bits per heavy atom. The van der Waals surface area contributed by atoms with Crippen LogP contribution in [0.15, 0.2) is 34.7 Å². The molecular weight excluding hydrogens is 246 g/mol. The minimum atomic E-state index is 0.0738. The number of hydrogen-bond donors (Lipinski definition) is 1. The number of aryl methyl sites for hydroxylation is 1. The lowest BCUT2D eigenvalue weighted by atomic mass is 10.2. The number of hydrogen-bond acceptors (Lipinski definition) is 5. The Bertz CT molecular complexity index is 640. The van der Waals surface area contributed by atoms with Crippen molar-refractivity contribution in [2.75, 3.05) is 5.32 Å². The smallest absolute Gasteiger partial charge is 0.203 e. The lowest BCUT2D eigenvalue weighted by Gasteiger charge is -2.08. The molecule has 2 aromatic heterocycles. The van der Waals surface area contributed by atoms with Crippen LogP contribution in [-0.4, -0.2) is 9.36 Å². The van der Waals surface area contributed by atoms with Crippen molar-refractivity contribution in [3.63, 3.8) is 0 Å². The summed E-state index contributed by atoms with van der Waals surface area (Å²) in [6, 6.07) is 10.1. The van der Waals surface area contributed by atoms with Crippen LogP contribution < -0.4 is 5.32 Å². The molecule has 1 atom stereocenters. The van der Waals surface area contributed by atoms with Crippen LogP contribution in [0.5, 0.6) is 0 Å². The molecular formula is C13H13N3OS. The summed E-state index contributed by atoms with van der Waals surface area (Å²) in [7, 11) is 0. The van der Waals surface area contributed by atoms with Crippen molar-refractivity contribution in [3.8, 4) is 0 Å². The van der Waals surface area contributed by atoms with Gasteiger partial charge in [0, 0.05) is 16.9 Å². The van der Waals surface area contributed by atoms with Crippen molar-refractivity contribution in [2.45, 2.75) is 19.9 Å². The van der Waals surface area contributed by atoms with Gasteiger partial charge in [-0.2, -0.15) is 4.37 Å². The van der Waals surface area contributed by atoms with Crippen molar-refractivity contribution in [2.24, 2.45) is 0 Å². The topological polar surface area (TPSA) is 51.0 Å². The predicted molar refractivity (Wildman–Crippen MR) is 72.9 cm³/mol. The van der Waals surface area contributed by atoms with Crippen LogP contribution >= 0.6 is 11.5 Å². The number of para-hydroxylation sites is 1. The molecule has 18 heavy (non-hydrogen) atoms. The van der Waals surface area contributed by atoms with Gasteiger partial charge in [-0.25, -0.2) is 4.98 Å². The lowest BCUT2D eigenvalue weighted by molar-refractivity contribution is 0.526. The van der Waals surface area contributed by atoms with E-state index >= 15 is 0 Å². The monoisotopic (exact) mass is 259 g/mol. The van der Waals surface area contributed by atoms with E-state index < -0.39 is 0 Å². The molecule has 5 heteroatoms. The van der Waals surface area contributed by atoms with Crippen LogP contribution in [0.4, 0.5) is 5.13 Å². The second-order valence-corrected chi connectivity index (χ2v) is 4.95. The SMILES string of the molecule is Cc1nsc(NC(C)c2cc3ccccc3o2)n1. The van der Waals surface area contributed by atoms with E-state index in [1.807, 2.05) is 31.2 Å². The maximum absolute atomic E-state index is 5.80. The molecule has 1 N–H and O–H groups in total. The molecule has 0 aliphatic carbocycles. The van der Waals surface area contributed by atoms with Crippen LogP contribution in [0.2, 0.25) is 0 Å². The predicted octanol–water partition coefficient (Wildman–Crippen LogP) is 3.77. The molecule has 0 amide bonds. The molecule has 0 saturated heterocycles. The lowest BCUT2D eigenvalue weighted by Crippen LogP contribution is -2.04. The van der Waals surface area contributed by atoms with E-state index in [-0.39, 0.29) is 6.04 Å². The summed E-state index contributed by atoms with van der Waals surface area (Å²) in [5.41, 5.74) is 0.912. The summed E-state index contributed by atoms with van der Waals surface area (Å²) in [6.07, 6.45) is 0. The average molecular weight is 259 g/mol. The van der Waals surface area contributed by atoms with Gasteiger partial charge in [-0.05, 0) is 26.0 Å². The van der Waals surface area contributed by atoms with E-state index in [4.69, 9.17) is 4.42 Å². The molecule has 1 unspecified atom stereocenters. The summed E-state index contributed by atoms with van der Waals surface area (Å²) >= 11 is 1.37. The number of benzene rings is 1. The van der Waals surface area contributed by atoms with Gasteiger partial charge in [-0.1, -0.05) is 18.2 Å². The Kier molecular flexibility index (Phi) is 2.76. The molecule has 92 valence electrons. The number of aromatic nitrogens is 2. The third-order valence-electron chi connectivity index (χ3n) is 2.74. The van der Waals surface area contributed by atoms with Crippen LogP contribution in [0.25, 0.3) is 11.0 Å². The first-order valence-electron chi connectivity index (χ1n) is 5.78. The maximum atomic E-state index is 5.80. The molecule has 3 aromatic rings. The average Bonchev–Trinajstić information content (AvgIpc) is 2.95. The van der Waals surface area contributed by atoms with Gasteiger partial charge < -0.3 is 9.73 Å². The Morgan fingerprint density at radius 2 is 2.17 bits per heavy atom. The second-order valence-electron chi connectivity index (χ2n) is 4.20. The molecule has 3 rings (SSSR count). The zero-order chi connectivity index (χ0) is 12.5. The van der Waals surface area contributed by atoms with Crippen molar-refractivity contribution in [1.82, 2.24) is 9.36 Å². The highest BCUT2D eigenvalue weighted by molar-refractivity contribution is 7.09. The zero-order valence-electron chi connectivity index (χ0n) is 10.2. The molecule has 4 nitrogen and oxygen atoms in total. The fourth-order valence-electron chi connectivity index (χ4n) is 1.83. The molecule has 0 bridgehead atoms. The zero-order valence-corrected chi connectivity index (χ0v) is 11.0. The van der Waals surface area contributed by atoms with Gasteiger partial charge in [0.05, 0.1) is 6.04 Å². The van der Waals surface area contributed by atoms with E-state index in [9.17, 15) is 0 Å². The number of fused-ring (bicyclic) bond motifs is 1. The standard InChI is InChI=1S/C13H13N3OS/c1-8(14-13-15-9(2)16-18-13)12-7-10-5-3-4-6-11(10)17-12/h3-8H,1-2H3,(H,14,15,16).